The summed E-state index contributed by atoms with van der Waals surface area (Å²) in [5.41, 5.74) is 7.24. The smallest absolute Gasteiger partial charge is 0.0457 e. The zero-order chi connectivity index (χ0) is 10.4. The second kappa shape index (κ2) is 5.78. The maximum atomic E-state index is 8.89. The Kier molecular flexibility index (Phi) is 4.63. The Morgan fingerprint density at radius 2 is 1.93 bits per heavy atom. The Balaban J connectivity index is 2.37. The van der Waals surface area contributed by atoms with Crippen LogP contribution >= 0.6 is 0 Å². The van der Waals surface area contributed by atoms with E-state index in [1.807, 2.05) is 25.1 Å². The molecule has 78 valence electrons. The molecule has 0 spiro atoms. The number of rotatable bonds is 5. The predicted octanol–water partition coefficient (Wildman–Crippen LogP) is 1.57. The first-order valence-electron chi connectivity index (χ1n) is 5.12. The molecule has 1 aromatic carbocycles. The van der Waals surface area contributed by atoms with Gasteiger partial charge in [-0.05, 0) is 24.3 Å². The van der Waals surface area contributed by atoms with Gasteiger partial charge in [0, 0.05) is 12.6 Å². The molecule has 1 aromatic rings. The van der Waals surface area contributed by atoms with Crippen LogP contribution in [0.25, 0.3) is 0 Å². The topological polar surface area (TPSA) is 46.2 Å². The lowest BCUT2D eigenvalue weighted by atomic mass is 9.97. The van der Waals surface area contributed by atoms with Gasteiger partial charge in [-0.1, -0.05) is 37.3 Å². The normalized spacial score (nSPS) is 15.1. The molecule has 3 N–H and O–H groups in total. The summed E-state index contributed by atoms with van der Waals surface area (Å²) < 4.78 is 0. The summed E-state index contributed by atoms with van der Waals surface area (Å²) in [7, 11) is 0. The highest BCUT2D eigenvalue weighted by Crippen LogP contribution is 2.09. The quantitative estimate of drug-likeness (QED) is 0.745. The van der Waals surface area contributed by atoms with Crippen molar-refractivity contribution in [2.45, 2.75) is 25.8 Å². The molecule has 2 heteroatoms. The summed E-state index contributed by atoms with van der Waals surface area (Å²) in [4.78, 5) is 0. The van der Waals surface area contributed by atoms with Gasteiger partial charge in [0.1, 0.15) is 0 Å². The lowest BCUT2D eigenvalue weighted by molar-refractivity contribution is 0.223. The van der Waals surface area contributed by atoms with Gasteiger partial charge in [0.25, 0.3) is 0 Å². The average molecular weight is 193 g/mol. The van der Waals surface area contributed by atoms with Crippen LogP contribution in [0.1, 0.15) is 18.9 Å². The van der Waals surface area contributed by atoms with E-state index in [-0.39, 0.29) is 12.6 Å². The molecule has 0 amide bonds. The first-order valence-corrected chi connectivity index (χ1v) is 5.12. The summed E-state index contributed by atoms with van der Waals surface area (Å²) >= 11 is 0. The third-order valence-electron chi connectivity index (χ3n) is 2.36. The SMILES string of the molecule is C[C@H](CO)C[C@@H](N)Cc1ccccc1. The van der Waals surface area contributed by atoms with Gasteiger partial charge in [0.2, 0.25) is 0 Å². The molecule has 2 atom stereocenters. The number of hydrogen-bond donors (Lipinski definition) is 2. The summed E-state index contributed by atoms with van der Waals surface area (Å²) in [6.07, 6.45) is 1.77. The number of aliphatic hydroxyl groups is 1. The van der Waals surface area contributed by atoms with E-state index < -0.39 is 0 Å². The van der Waals surface area contributed by atoms with E-state index in [9.17, 15) is 0 Å². The van der Waals surface area contributed by atoms with Crippen molar-refractivity contribution in [3.8, 4) is 0 Å². The van der Waals surface area contributed by atoms with Crippen molar-refractivity contribution in [3.63, 3.8) is 0 Å². The second-order valence-corrected chi connectivity index (χ2v) is 3.97. The van der Waals surface area contributed by atoms with Crippen LogP contribution < -0.4 is 5.73 Å². The number of benzene rings is 1. The number of nitrogens with two attached hydrogens (primary N) is 1. The molecular weight excluding hydrogens is 174 g/mol. The fourth-order valence-electron chi connectivity index (χ4n) is 1.59. The molecule has 0 fully saturated rings. The Bertz CT molecular complexity index is 248. The van der Waals surface area contributed by atoms with Crippen molar-refractivity contribution in [2.75, 3.05) is 6.61 Å². The molecule has 0 unspecified atom stereocenters. The van der Waals surface area contributed by atoms with Gasteiger partial charge < -0.3 is 10.8 Å². The Hall–Kier alpha value is -0.860. The van der Waals surface area contributed by atoms with Crippen LogP contribution in [0.4, 0.5) is 0 Å². The van der Waals surface area contributed by atoms with Crippen molar-refractivity contribution < 1.29 is 5.11 Å². The van der Waals surface area contributed by atoms with Crippen LogP contribution in [0.2, 0.25) is 0 Å². The molecule has 0 aliphatic rings. The Morgan fingerprint density at radius 3 is 2.50 bits per heavy atom. The highest BCUT2D eigenvalue weighted by molar-refractivity contribution is 5.15. The molecular formula is C12H19NO. The van der Waals surface area contributed by atoms with E-state index in [4.69, 9.17) is 10.8 Å². The minimum absolute atomic E-state index is 0.152. The summed E-state index contributed by atoms with van der Waals surface area (Å²) in [6.45, 7) is 2.24. The van der Waals surface area contributed by atoms with Crippen LogP contribution in [0.3, 0.4) is 0 Å². The van der Waals surface area contributed by atoms with Crippen molar-refractivity contribution >= 4 is 0 Å². The van der Waals surface area contributed by atoms with Crippen molar-refractivity contribution in [1.29, 1.82) is 0 Å². The number of hydrogen-bond acceptors (Lipinski definition) is 2. The molecule has 14 heavy (non-hydrogen) atoms. The predicted molar refractivity (Wildman–Crippen MR) is 59.0 cm³/mol. The van der Waals surface area contributed by atoms with Gasteiger partial charge in [-0.25, -0.2) is 0 Å². The van der Waals surface area contributed by atoms with E-state index in [1.54, 1.807) is 0 Å². The van der Waals surface area contributed by atoms with Crippen molar-refractivity contribution in [1.82, 2.24) is 0 Å². The van der Waals surface area contributed by atoms with E-state index in [0.717, 1.165) is 12.8 Å². The lowest BCUT2D eigenvalue weighted by Crippen LogP contribution is -2.26. The fraction of sp³-hybridized carbons (Fsp3) is 0.500. The van der Waals surface area contributed by atoms with Gasteiger partial charge in [-0.15, -0.1) is 0 Å². The molecule has 2 nitrogen and oxygen atoms in total. The van der Waals surface area contributed by atoms with E-state index in [0.29, 0.717) is 5.92 Å². The highest BCUT2D eigenvalue weighted by atomic mass is 16.3. The molecule has 0 bridgehead atoms. The van der Waals surface area contributed by atoms with Crippen LogP contribution in [-0.4, -0.2) is 17.8 Å². The summed E-state index contributed by atoms with van der Waals surface area (Å²) in [6, 6.07) is 10.4. The molecule has 0 radical (unpaired) electrons. The first kappa shape index (κ1) is 11.2. The number of aliphatic hydroxyl groups excluding tert-OH is 1. The third kappa shape index (κ3) is 3.90. The average Bonchev–Trinajstić information content (AvgIpc) is 2.19. The van der Waals surface area contributed by atoms with Crippen LogP contribution in [0.5, 0.6) is 0 Å². The molecule has 0 saturated heterocycles. The van der Waals surface area contributed by atoms with E-state index in [1.165, 1.54) is 5.56 Å². The maximum Gasteiger partial charge on any atom is 0.0457 e. The highest BCUT2D eigenvalue weighted by Gasteiger charge is 2.08. The lowest BCUT2D eigenvalue weighted by Gasteiger charge is -2.15. The molecule has 0 aliphatic heterocycles. The maximum absolute atomic E-state index is 8.89. The standard InChI is InChI=1S/C12H19NO/c1-10(9-14)7-12(13)8-11-5-3-2-4-6-11/h2-6,10,12,14H,7-9,13H2,1H3/t10-,12+/m0/s1. The zero-order valence-corrected chi connectivity index (χ0v) is 8.69. The first-order chi connectivity index (χ1) is 6.72. The van der Waals surface area contributed by atoms with E-state index in [2.05, 4.69) is 12.1 Å². The molecule has 1 rings (SSSR count). The third-order valence-corrected chi connectivity index (χ3v) is 2.36. The van der Waals surface area contributed by atoms with Crippen molar-refractivity contribution in [2.24, 2.45) is 11.7 Å². The monoisotopic (exact) mass is 193 g/mol. The fourth-order valence-corrected chi connectivity index (χ4v) is 1.59. The minimum atomic E-state index is 0.152. The molecule has 0 heterocycles. The minimum Gasteiger partial charge on any atom is -0.396 e. The van der Waals surface area contributed by atoms with Gasteiger partial charge in [-0.3, -0.25) is 0 Å². The van der Waals surface area contributed by atoms with Gasteiger partial charge in [0.05, 0.1) is 0 Å². The van der Waals surface area contributed by atoms with Crippen LogP contribution in [0, 0.1) is 5.92 Å². The van der Waals surface area contributed by atoms with Crippen molar-refractivity contribution in [3.05, 3.63) is 35.9 Å². The summed E-state index contributed by atoms with van der Waals surface area (Å²) in [5, 5.41) is 8.89. The van der Waals surface area contributed by atoms with Gasteiger partial charge in [-0.2, -0.15) is 0 Å². The molecule has 0 saturated carbocycles. The van der Waals surface area contributed by atoms with Crippen LogP contribution in [-0.2, 0) is 6.42 Å². The second-order valence-electron chi connectivity index (χ2n) is 3.97. The summed E-state index contributed by atoms with van der Waals surface area (Å²) in [5.74, 6) is 0.300. The van der Waals surface area contributed by atoms with Gasteiger partial charge >= 0.3 is 0 Å². The Morgan fingerprint density at radius 1 is 1.29 bits per heavy atom. The molecule has 0 aromatic heterocycles. The largest absolute Gasteiger partial charge is 0.396 e. The Labute approximate surface area is 85.8 Å². The zero-order valence-electron chi connectivity index (χ0n) is 8.69. The molecule has 0 aliphatic carbocycles. The van der Waals surface area contributed by atoms with E-state index >= 15 is 0 Å². The van der Waals surface area contributed by atoms with Crippen LogP contribution in [0.15, 0.2) is 30.3 Å². The van der Waals surface area contributed by atoms with Gasteiger partial charge in [0.15, 0.2) is 0 Å².